The van der Waals surface area contributed by atoms with Crippen LogP contribution in [0.5, 0.6) is 0 Å². The largest absolute Gasteiger partial charge is 0.393 e. The molecule has 188 valence electrons. The second kappa shape index (κ2) is 28.0. The van der Waals surface area contributed by atoms with Crippen LogP contribution in [-0.4, -0.2) is 11.2 Å². The van der Waals surface area contributed by atoms with Crippen LogP contribution in [0.3, 0.4) is 0 Å². The molecule has 1 nitrogen and oxygen atoms in total. The van der Waals surface area contributed by atoms with Crippen LogP contribution in [0, 0.1) is 0 Å². The maximum absolute atomic E-state index is 10.0. The average molecular weight is 439 g/mol. The monoisotopic (exact) mass is 438 g/mol. The maximum atomic E-state index is 10.0. The van der Waals surface area contributed by atoms with Gasteiger partial charge in [0, 0.05) is 0 Å². The fourth-order valence-corrected chi connectivity index (χ4v) is 4.76. The van der Waals surface area contributed by atoms with Crippen LogP contribution in [0.2, 0.25) is 0 Å². The lowest BCUT2D eigenvalue weighted by Crippen LogP contribution is -2.05. The quantitative estimate of drug-likeness (QED) is 0.126. The first-order valence-corrected chi connectivity index (χ1v) is 15.0. The molecule has 0 aromatic heterocycles. The number of rotatable bonds is 27. The Balaban J connectivity index is 3.06. The Morgan fingerprint density at radius 3 is 0.774 bits per heavy atom. The fourth-order valence-electron chi connectivity index (χ4n) is 4.76. The second-order valence-electron chi connectivity index (χ2n) is 10.4. The van der Waals surface area contributed by atoms with E-state index in [2.05, 4.69) is 13.8 Å². The molecular formula is C30H62O. The van der Waals surface area contributed by atoms with Gasteiger partial charge < -0.3 is 5.11 Å². The molecule has 0 fully saturated rings. The molecule has 0 radical (unpaired) electrons. The summed E-state index contributed by atoms with van der Waals surface area (Å²) in [7, 11) is 0. The van der Waals surface area contributed by atoms with Gasteiger partial charge in [-0.05, 0) is 12.8 Å². The standard InChI is InChI=1S/C30H62O/c1-3-5-7-9-10-11-12-13-14-15-16-17-18-19-20-21-22-23-24-25-27-29-30(31)28-26-8-6-4-2/h30-31H,3-29H2,1-2H3. The Hall–Kier alpha value is -0.0400. The number of aliphatic hydroxyl groups is 1. The van der Waals surface area contributed by atoms with Crippen molar-refractivity contribution < 1.29 is 5.11 Å². The van der Waals surface area contributed by atoms with E-state index in [1.165, 1.54) is 161 Å². The van der Waals surface area contributed by atoms with E-state index in [0.717, 1.165) is 12.8 Å². The van der Waals surface area contributed by atoms with Crippen LogP contribution in [0.1, 0.15) is 187 Å². The molecule has 1 atom stereocenters. The van der Waals surface area contributed by atoms with Crippen molar-refractivity contribution in [3.05, 3.63) is 0 Å². The Bertz CT molecular complexity index is 301. The van der Waals surface area contributed by atoms with Gasteiger partial charge in [0.15, 0.2) is 0 Å². The third-order valence-electron chi connectivity index (χ3n) is 7.03. The smallest absolute Gasteiger partial charge is 0.0540 e. The van der Waals surface area contributed by atoms with E-state index in [4.69, 9.17) is 0 Å². The summed E-state index contributed by atoms with van der Waals surface area (Å²) in [6, 6.07) is 0. The van der Waals surface area contributed by atoms with Gasteiger partial charge in [0.25, 0.3) is 0 Å². The average Bonchev–Trinajstić information content (AvgIpc) is 2.77. The van der Waals surface area contributed by atoms with Gasteiger partial charge in [-0.1, -0.05) is 174 Å². The van der Waals surface area contributed by atoms with Gasteiger partial charge in [0.05, 0.1) is 6.10 Å². The lowest BCUT2D eigenvalue weighted by molar-refractivity contribution is 0.147. The summed E-state index contributed by atoms with van der Waals surface area (Å²) >= 11 is 0. The maximum Gasteiger partial charge on any atom is 0.0540 e. The van der Waals surface area contributed by atoms with E-state index in [1.807, 2.05) is 0 Å². The van der Waals surface area contributed by atoms with Gasteiger partial charge in [-0.3, -0.25) is 0 Å². The summed E-state index contributed by atoms with van der Waals surface area (Å²) < 4.78 is 0. The molecule has 0 aliphatic rings. The molecule has 0 bridgehead atoms. The minimum atomic E-state index is -0.0304. The van der Waals surface area contributed by atoms with E-state index >= 15 is 0 Å². The number of aliphatic hydroxyl groups excluding tert-OH is 1. The van der Waals surface area contributed by atoms with Crippen LogP contribution in [0.4, 0.5) is 0 Å². The molecule has 1 heteroatoms. The molecule has 0 aliphatic carbocycles. The SMILES string of the molecule is CCCCCCCCCCCCCCCCCCCCCCCC(O)CCCCCC. The summed E-state index contributed by atoms with van der Waals surface area (Å²) in [5, 5.41) is 10.0. The molecule has 0 saturated carbocycles. The Morgan fingerprint density at radius 1 is 0.323 bits per heavy atom. The van der Waals surface area contributed by atoms with Crippen LogP contribution in [0.25, 0.3) is 0 Å². The summed E-state index contributed by atoms with van der Waals surface area (Å²) in [6.45, 7) is 4.55. The van der Waals surface area contributed by atoms with Crippen molar-refractivity contribution in [2.45, 2.75) is 193 Å². The third kappa shape index (κ3) is 27.9. The highest BCUT2D eigenvalue weighted by Crippen LogP contribution is 2.16. The predicted molar refractivity (Wildman–Crippen MR) is 142 cm³/mol. The van der Waals surface area contributed by atoms with Gasteiger partial charge in [0.1, 0.15) is 0 Å². The third-order valence-corrected chi connectivity index (χ3v) is 7.03. The molecule has 1 unspecified atom stereocenters. The molecule has 0 saturated heterocycles. The van der Waals surface area contributed by atoms with Crippen molar-refractivity contribution in [2.75, 3.05) is 0 Å². The fraction of sp³-hybridized carbons (Fsp3) is 1.00. The van der Waals surface area contributed by atoms with E-state index in [1.54, 1.807) is 0 Å². The molecule has 1 N–H and O–H groups in total. The highest BCUT2D eigenvalue weighted by molar-refractivity contribution is 4.57. The van der Waals surface area contributed by atoms with Crippen LogP contribution in [-0.2, 0) is 0 Å². The molecule has 0 aromatic carbocycles. The predicted octanol–water partition coefficient (Wildman–Crippen LogP) is 10.9. The first kappa shape index (κ1) is 31.0. The molecule has 0 aromatic rings. The molecule has 31 heavy (non-hydrogen) atoms. The van der Waals surface area contributed by atoms with Gasteiger partial charge in [-0.15, -0.1) is 0 Å². The summed E-state index contributed by atoms with van der Waals surface area (Å²) in [6.07, 6.45) is 37.3. The van der Waals surface area contributed by atoms with Crippen LogP contribution >= 0.6 is 0 Å². The Kier molecular flexibility index (Phi) is 28.0. The van der Waals surface area contributed by atoms with E-state index in [-0.39, 0.29) is 6.10 Å². The lowest BCUT2D eigenvalue weighted by Gasteiger charge is -2.10. The highest BCUT2D eigenvalue weighted by Gasteiger charge is 2.03. The molecule has 0 amide bonds. The minimum Gasteiger partial charge on any atom is -0.393 e. The molecule has 0 aliphatic heterocycles. The van der Waals surface area contributed by atoms with E-state index in [9.17, 15) is 5.11 Å². The zero-order valence-electron chi connectivity index (χ0n) is 22.1. The summed E-state index contributed by atoms with van der Waals surface area (Å²) in [4.78, 5) is 0. The normalized spacial score (nSPS) is 12.5. The first-order chi connectivity index (χ1) is 15.3. The summed E-state index contributed by atoms with van der Waals surface area (Å²) in [5.74, 6) is 0. The van der Waals surface area contributed by atoms with Gasteiger partial charge in [-0.2, -0.15) is 0 Å². The van der Waals surface area contributed by atoms with Crippen molar-refractivity contribution in [2.24, 2.45) is 0 Å². The highest BCUT2D eigenvalue weighted by atomic mass is 16.3. The van der Waals surface area contributed by atoms with E-state index < -0.39 is 0 Å². The zero-order valence-corrected chi connectivity index (χ0v) is 22.1. The van der Waals surface area contributed by atoms with Gasteiger partial charge in [-0.25, -0.2) is 0 Å². The molecule has 0 rings (SSSR count). The van der Waals surface area contributed by atoms with Crippen LogP contribution in [0.15, 0.2) is 0 Å². The topological polar surface area (TPSA) is 20.2 Å². The second-order valence-corrected chi connectivity index (χ2v) is 10.4. The van der Waals surface area contributed by atoms with Crippen molar-refractivity contribution in [1.82, 2.24) is 0 Å². The number of unbranched alkanes of at least 4 members (excludes halogenated alkanes) is 23. The number of hydrogen-bond acceptors (Lipinski definition) is 1. The van der Waals surface area contributed by atoms with Crippen molar-refractivity contribution in [3.63, 3.8) is 0 Å². The zero-order chi connectivity index (χ0) is 22.7. The summed E-state index contributed by atoms with van der Waals surface area (Å²) in [5.41, 5.74) is 0. The molecule has 0 heterocycles. The van der Waals surface area contributed by atoms with E-state index in [0.29, 0.717) is 0 Å². The lowest BCUT2D eigenvalue weighted by atomic mass is 10.0. The minimum absolute atomic E-state index is 0.0304. The first-order valence-electron chi connectivity index (χ1n) is 15.0. The Morgan fingerprint density at radius 2 is 0.516 bits per heavy atom. The number of hydrogen-bond donors (Lipinski definition) is 1. The van der Waals surface area contributed by atoms with Gasteiger partial charge >= 0.3 is 0 Å². The Labute approximate surface area is 198 Å². The van der Waals surface area contributed by atoms with Gasteiger partial charge in [0.2, 0.25) is 0 Å². The molecular weight excluding hydrogens is 376 g/mol. The van der Waals surface area contributed by atoms with Crippen LogP contribution < -0.4 is 0 Å². The molecule has 0 spiro atoms. The van der Waals surface area contributed by atoms with Crippen molar-refractivity contribution >= 4 is 0 Å². The van der Waals surface area contributed by atoms with Crippen molar-refractivity contribution in [3.8, 4) is 0 Å². The van der Waals surface area contributed by atoms with Crippen molar-refractivity contribution in [1.29, 1.82) is 0 Å².